The van der Waals surface area contributed by atoms with Crippen LogP contribution in [0.5, 0.6) is 5.75 Å². The minimum Gasteiger partial charge on any atom is -0.484 e. The van der Waals surface area contributed by atoms with Gasteiger partial charge in [-0.15, -0.1) is 0 Å². The molecule has 25 heavy (non-hydrogen) atoms. The summed E-state index contributed by atoms with van der Waals surface area (Å²) >= 11 is 0. The number of rotatable bonds is 6. The number of aryl methyl sites for hydroxylation is 1. The van der Waals surface area contributed by atoms with Gasteiger partial charge in [0.15, 0.2) is 6.61 Å². The first-order valence-electron chi connectivity index (χ1n) is 8.10. The minimum atomic E-state index is -0.192. The summed E-state index contributed by atoms with van der Waals surface area (Å²) in [5, 5.41) is 6.14. The van der Waals surface area contributed by atoms with Crippen LogP contribution < -0.4 is 15.4 Å². The van der Waals surface area contributed by atoms with Crippen molar-refractivity contribution in [3.05, 3.63) is 84.4 Å². The van der Waals surface area contributed by atoms with Crippen LogP contribution in [0.15, 0.2) is 78.9 Å². The van der Waals surface area contributed by atoms with Gasteiger partial charge in [0.05, 0.1) is 0 Å². The molecule has 0 saturated heterocycles. The number of carbonyl (C=O) groups is 1. The molecule has 1 amide bonds. The summed E-state index contributed by atoms with van der Waals surface area (Å²) in [6.45, 7) is 2.04. The second-order valence-corrected chi connectivity index (χ2v) is 5.72. The highest BCUT2D eigenvalue weighted by atomic mass is 16.5. The van der Waals surface area contributed by atoms with Gasteiger partial charge in [-0.05, 0) is 55.5 Å². The number of ether oxygens (including phenoxy) is 1. The molecule has 0 radical (unpaired) electrons. The van der Waals surface area contributed by atoms with E-state index in [-0.39, 0.29) is 12.5 Å². The molecule has 0 aliphatic heterocycles. The van der Waals surface area contributed by atoms with Gasteiger partial charge in [-0.2, -0.15) is 0 Å². The molecule has 0 atom stereocenters. The zero-order valence-electron chi connectivity index (χ0n) is 14.0. The van der Waals surface area contributed by atoms with Crippen LogP contribution in [0.25, 0.3) is 0 Å². The Kier molecular flexibility index (Phi) is 5.32. The van der Waals surface area contributed by atoms with E-state index in [2.05, 4.69) is 29.7 Å². The first-order valence-corrected chi connectivity index (χ1v) is 8.10. The van der Waals surface area contributed by atoms with Crippen molar-refractivity contribution >= 4 is 23.0 Å². The molecule has 0 saturated carbocycles. The Morgan fingerprint density at radius 2 is 1.36 bits per heavy atom. The Labute approximate surface area is 147 Å². The predicted molar refractivity (Wildman–Crippen MR) is 101 cm³/mol. The van der Waals surface area contributed by atoms with Gasteiger partial charge in [-0.25, -0.2) is 0 Å². The standard InChI is InChI=1S/C21H20N2O2/c1-16-7-9-17(10-8-16)22-18-11-13-19(14-12-18)23-21(24)15-25-20-5-3-2-4-6-20/h2-14,22H,15H2,1H3,(H,23,24). The number of hydrogen-bond acceptors (Lipinski definition) is 3. The minimum absolute atomic E-state index is 0.0205. The molecule has 0 aliphatic rings. The molecule has 0 heterocycles. The molecule has 126 valence electrons. The van der Waals surface area contributed by atoms with Crippen LogP contribution in [0.3, 0.4) is 0 Å². The van der Waals surface area contributed by atoms with Crippen LogP contribution in [0.2, 0.25) is 0 Å². The van der Waals surface area contributed by atoms with Gasteiger partial charge in [-0.3, -0.25) is 4.79 Å². The molecule has 0 bridgehead atoms. The Balaban J connectivity index is 1.51. The van der Waals surface area contributed by atoms with Gasteiger partial charge in [0.1, 0.15) is 5.75 Å². The quantitative estimate of drug-likeness (QED) is 0.684. The lowest BCUT2D eigenvalue weighted by Gasteiger charge is -2.10. The third kappa shape index (κ3) is 5.11. The van der Waals surface area contributed by atoms with Crippen LogP contribution in [-0.4, -0.2) is 12.5 Å². The van der Waals surface area contributed by atoms with E-state index < -0.39 is 0 Å². The summed E-state index contributed by atoms with van der Waals surface area (Å²) in [6.07, 6.45) is 0. The second-order valence-electron chi connectivity index (χ2n) is 5.72. The average molecular weight is 332 g/mol. The second kappa shape index (κ2) is 8.02. The van der Waals surface area contributed by atoms with Gasteiger partial charge < -0.3 is 15.4 Å². The molecule has 0 spiro atoms. The van der Waals surface area contributed by atoms with Crippen molar-refractivity contribution in [3.8, 4) is 5.75 Å². The highest BCUT2D eigenvalue weighted by molar-refractivity contribution is 5.92. The number of nitrogens with one attached hydrogen (secondary N) is 2. The SMILES string of the molecule is Cc1ccc(Nc2ccc(NC(=O)COc3ccccc3)cc2)cc1. The lowest BCUT2D eigenvalue weighted by atomic mass is 10.2. The van der Waals surface area contributed by atoms with E-state index in [0.29, 0.717) is 5.75 Å². The largest absolute Gasteiger partial charge is 0.484 e. The molecular weight excluding hydrogens is 312 g/mol. The molecule has 0 aromatic heterocycles. The van der Waals surface area contributed by atoms with Crippen LogP contribution in [0, 0.1) is 6.92 Å². The van der Waals surface area contributed by atoms with E-state index in [9.17, 15) is 4.79 Å². The lowest BCUT2D eigenvalue weighted by molar-refractivity contribution is -0.118. The number of benzene rings is 3. The van der Waals surface area contributed by atoms with Crippen molar-refractivity contribution in [1.29, 1.82) is 0 Å². The van der Waals surface area contributed by atoms with Gasteiger partial charge in [0.25, 0.3) is 5.91 Å². The van der Waals surface area contributed by atoms with Crippen LogP contribution >= 0.6 is 0 Å². The molecule has 0 fully saturated rings. The fourth-order valence-electron chi connectivity index (χ4n) is 2.30. The summed E-state index contributed by atoms with van der Waals surface area (Å²) in [6, 6.07) is 25.0. The Morgan fingerprint density at radius 3 is 2.00 bits per heavy atom. The topological polar surface area (TPSA) is 50.4 Å². The fourth-order valence-corrected chi connectivity index (χ4v) is 2.30. The summed E-state index contributed by atoms with van der Waals surface area (Å²) in [7, 11) is 0. The molecule has 0 unspecified atom stereocenters. The highest BCUT2D eigenvalue weighted by Gasteiger charge is 2.04. The van der Waals surface area contributed by atoms with Crippen molar-refractivity contribution in [2.24, 2.45) is 0 Å². The third-order valence-corrected chi connectivity index (χ3v) is 3.62. The zero-order chi connectivity index (χ0) is 17.5. The monoisotopic (exact) mass is 332 g/mol. The molecule has 0 aliphatic carbocycles. The number of carbonyl (C=O) groups excluding carboxylic acids is 1. The summed E-state index contributed by atoms with van der Waals surface area (Å²) in [4.78, 5) is 11.9. The number of hydrogen-bond donors (Lipinski definition) is 2. The molecule has 3 aromatic carbocycles. The fraction of sp³-hybridized carbons (Fsp3) is 0.0952. The first kappa shape index (κ1) is 16.6. The summed E-state index contributed by atoms with van der Waals surface area (Å²) in [5.41, 5.74) is 3.94. The zero-order valence-corrected chi connectivity index (χ0v) is 14.0. The Bertz CT molecular complexity index is 813. The summed E-state index contributed by atoms with van der Waals surface area (Å²) in [5.74, 6) is 0.485. The normalized spacial score (nSPS) is 10.1. The molecule has 4 heteroatoms. The van der Waals surface area contributed by atoms with Crippen molar-refractivity contribution in [3.63, 3.8) is 0 Å². The van der Waals surface area contributed by atoms with E-state index in [0.717, 1.165) is 17.1 Å². The van der Waals surface area contributed by atoms with Gasteiger partial charge in [0, 0.05) is 17.1 Å². The van der Waals surface area contributed by atoms with Crippen molar-refractivity contribution in [2.45, 2.75) is 6.92 Å². The Morgan fingerprint density at radius 1 is 0.800 bits per heavy atom. The maximum absolute atomic E-state index is 11.9. The van der Waals surface area contributed by atoms with E-state index in [1.165, 1.54) is 5.56 Å². The molecule has 3 rings (SSSR count). The van der Waals surface area contributed by atoms with Crippen molar-refractivity contribution in [2.75, 3.05) is 17.2 Å². The van der Waals surface area contributed by atoms with E-state index in [1.54, 1.807) is 0 Å². The number of para-hydroxylation sites is 1. The highest BCUT2D eigenvalue weighted by Crippen LogP contribution is 2.19. The summed E-state index contributed by atoms with van der Waals surface area (Å²) < 4.78 is 5.43. The number of amides is 1. The first-order chi connectivity index (χ1) is 12.2. The number of anilines is 3. The van der Waals surface area contributed by atoms with Crippen LogP contribution in [0.4, 0.5) is 17.1 Å². The molecule has 3 aromatic rings. The van der Waals surface area contributed by atoms with Gasteiger partial charge >= 0.3 is 0 Å². The smallest absolute Gasteiger partial charge is 0.262 e. The van der Waals surface area contributed by atoms with Gasteiger partial charge in [0.2, 0.25) is 0 Å². The van der Waals surface area contributed by atoms with E-state index in [1.807, 2.05) is 66.7 Å². The van der Waals surface area contributed by atoms with E-state index >= 15 is 0 Å². The maximum Gasteiger partial charge on any atom is 0.262 e. The molecular formula is C21H20N2O2. The lowest BCUT2D eigenvalue weighted by Crippen LogP contribution is -2.20. The van der Waals surface area contributed by atoms with Crippen LogP contribution in [0.1, 0.15) is 5.56 Å². The maximum atomic E-state index is 11.9. The molecule has 4 nitrogen and oxygen atoms in total. The predicted octanol–water partition coefficient (Wildman–Crippen LogP) is 4.76. The third-order valence-electron chi connectivity index (χ3n) is 3.62. The van der Waals surface area contributed by atoms with Crippen molar-refractivity contribution in [1.82, 2.24) is 0 Å². The van der Waals surface area contributed by atoms with Crippen LogP contribution in [-0.2, 0) is 4.79 Å². The molecule has 2 N–H and O–H groups in total. The van der Waals surface area contributed by atoms with Gasteiger partial charge in [-0.1, -0.05) is 35.9 Å². The van der Waals surface area contributed by atoms with E-state index in [4.69, 9.17) is 4.74 Å². The Hall–Kier alpha value is -3.27. The average Bonchev–Trinajstić information content (AvgIpc) is 2.64. The van der Waals surface area contributed by atoms with Crippen molar-refractivity contribution < 1.29 is 9.53 Å².